The molecule has 0 aliphatic carbocycles. The molecule has 0 aromatic rings. The van der Waals surface area contributed by atoms with Crippen LogP contribution in [-0.4, -0.2) is 35.0 Å². The molecule has 3 heteroatoms. The van der Waals surface area contributed by atoms with Gasteiger partial charge in [-0.15, -0.1) is 0 Å². The monoisotopic (exact) mass is 189 g/mol. The average Bonchev–Trinajstić information content (AvgIpc) is 2.19. The largest absolute Gasteiger partial charge is 0.395 e. The predicted molar refractivity (Wildman–Crippen MR) is 54.7 cm³/mol. The second-order valence-electron chi connectivity index (χ2n) is 3.60. The highest BCUT2D eigenvalue weighted by atomic mass is 16.3. The zero-order valence-electron chi connectivity index (χ0n) is 9.01. The van der Waals surface area contributed by atoms with Gasteiger partial charge >= 0.3 is 0 Å². The standard InChI is InChI=1S/C10H23NO2/c1-4-9(7-12)11-8-10(13,5-2)6-3/h9,11-13H,4-8H2,1-3H3. The highest BCUT2D eigenvalue weighted by molar-refractivity contribution is 4.79. The zero-order chi connectivity index (χ0) is 10.3. The Morgan fingerprint density at radius 3 is 2.08 bits per heavy atom. The summed E-state index contributed by atoms with van der Waals surface area (Å²) < 4.78 is 0. The van der Waals surface area contributed by atoms with E-state index >= 15 is 0 Å². The third-order valence-corrected chi connectivity index (χ3v) is 2.75. The van der Waals surface area contributed by atoms with E-state index in [0.717, 1.165) is 19.3 Å². The Hall–Kier alpha value is -0.120. The Labute approximate surface area is 81.2 Å². The molecular formula is C10H23NO2. The third-order valence-electron chi connectivity index (χ3n) is 2.75. The molecule has 0 aliphatic heterocycles. The topological polar surface area (TPSA) is 52.5 Å². The van der Waals surface area contributed by atoms with Crippen molar-refractivity contribution in [1.29, 1.82) is 0 Å². The minimum Gasteiger partial charge on any atom is -0.395 e. The van der Waals surface area contributed by atoms with Crippen LogP contribution in [-0.2, 0) is 0 Å². The van der Waals surface area contributed by atoms with Gasteiger partial charge in [-0.1, -0.05) is 20.8 Å². The van der Waals surface area contributed by atoms with Crippen LogP contribution in [0, 0.1) is 0 Å². The van der Waals surface area contributed by atoms with E-state index in [2.05, 4.69) is 5.32 Å². The van der Waals surface area contributed by atoms with Crippen LogP contribution in [0.15, 0.2) is 0 Å². The van der Waals surface area contributed by atoms with E-state index in [1.165, 1.54) is 0 Å². The Morgan fingerprint density at radius 2 is 1.77 bits per heavy atom. The summed E-state index contributed by atoms with van der Waals surface area (Å²) in [5, 5.41) is 22.0. The molecule has 0 spiro atoms. The van der Waals surface area contributed by atoms with Gasteiger partial charge in [0.15, 0.2) is 0 Å². The Bertz CT molecular complexity index is 120. The van der Waals surface area contributed by atoms with Crippen molar-refractivity contribution in [3.8, 4) is 0 Å². The maximum absolute atomic E-state index is 9.92. The van der Waals surface area contributed by atoms with E-state index in [-0.39, 0.29) is 12.6 Å². The number of hydrogen-bond donors (Lipinski definition) is 3. The van der Waals surface area contributed by atoms with Crippen molar-refractivity contribution in [2.45, 2.75) is 51.7 Å². The van der Waals surface area contributed by atoms with E-state index in [9.17, 15) is 5.11 Å². The lowest BCUT2D eigenvalue weighted by Gasteiger charge is -2.27. The fourth-order valence-corrected chi connectivity index (χ4v) is 1.17. The molecule has 1 atom stereocenters. The first-order valence-electron chi connectivity index (χ1n) is 5.18. The third kappa shape index (κ3) is 4.60. The summed E-state index contributed by atoms with van der Waals surface area (Å²) in [6.07, 6.45) is 2.39. The summed E-state index contributed by atoms with van der Waals surface area (Å²) in [6, 6.07) is 0.115. The first kappa shape index (κ1) is 12.9. The van der Waals surface area contributed by atoms with Crippen LogP contribution in [0.3, 0.4) is 0 Å². The van der Waals surface area contributed by atoms with Gasteiger partial charge in [-0.25, -0.2) is 0 Å². The lowest BCUT2D eigenvalue weighted by Crippen LogP contribution is -2.44. The van der Waals surface area contributed by atoms with E-state index in [1.54, 1.807) is 0 Å². The van der Waals surface area contributed by atoms with Crippen molar-refractivity contribution in [2.24, 2.45) is 0 Å². The molecule has 0 aromatic heterocycles. The molecule has 3 nitrogen and oxygen atoms in total. The average molecular weight is 189 g/mol. The lowest BCUT2D eigenvalue weighted by atomic mass is 9.97. The molecule has 0 radical (unpaired) electrons. The van der Waals surface area contributed by atoms with E-state index in [4.69, 9.17) is 5.11 Å². The second kappa shape index (κ2) is 6.35. The zero-order valence-corrected chi connectivity index (χ0v) is 9.01. The van der Waals surface area contributed by atoms with Crippen molar-refractivity contribution in [1.82, 2.24) is 5.32 Å². The molecule has 80 valence electrons. The summed E-state index contributed by atoms with van der Waals surface area (Å²) in [5.74, 6) is 0. The Morgan fingerprint density at radius 1 is 1.23 bits per heavy atom. The van der Waals surface area contributed by atoms with Crippen LogP contribution in [0.25, 0.3) is 0 Å². The fraction of sp³-hybridized carbons (Fsp3) is 1.00. The second-order valence-corrected chi connectivity index (χ2v) is 3.60. The van der Waals surface area contributed by atoms with Gasteiger partial charge in [0.2, 0.25) is 0 Å². The van der Waals surface area contributed by atoms with Crippen molar-refractivity contribution < 1.29 is 10.2 Å². The maximum Gasteiger partial charge on any atom is 0.0766 e. The molecule has 0 rings (SSSR count). The first-order chi connectivity index (χ1) is 6.11. The fourth-order valence-electron chi connectivity index (χ4n) is 1.17. The summed E-state index contributed by atoms with van der Waals surface area (Å²) in [6.45, 7) is 6.68. The molecule has 1 unspecified atom stereocenters. The van der Waals surface area contributed by atoms with E-state index in [0.29, 0.717) is 6.54 Å². The maximum atomic E-state index is 9.92. The molecule has 0 saturated carbocycles. The van der Waals surface area contributed by atoms with E-state index in [1.807, 2.05) is 20.8 Å². The molecule has 0 amide bonds. The van der Waals surface area contributed by atoms with Gasteiger partial charge < -0.3 is 15.5 Å². The minimum absolute atomic E-state index is 0.115. The van der Waals surface area contributed by atoms with Gasteiger partial charge in [-0.05, 0) is 19.3 Å². The van der Waals surface area contributed by atoms with Crippen LogP contribution in [0.4, 0.5) is 0 Å². The predicted octanol–water partition coefficient (Wildman–Crippen LogP) is 0.898. The molecular weight excluding hydrogens is 166 g/mol. The summed E-state index contributed by atoms with van der Waals surface area (Å²) in [7, 11) is 0. The van der Waals surface area contributed by atoms with Gasteiger partial charge in [-0.3, -0.25) is 0 Å². The molecule has 0 bridgehead atoms. The normalized spacial score (nSPS) is 14.5. The Kier molecular flexibility index (Phi) is 6.29. The number of rotatable bonds is 7. The SMILES string of the molecule is CCC(CO)NCC(O)(CC)CC. The minimum atomic E-state index is -0.609. The molecule has 3 N–H and O–H groups in total. The van der Waals surface area contributed by atoms with Gasteiger partial charge in [0.05, 0.1) is 12.2 Å². The van der Waals surface area contributed by atoms with Crippen LogP contribution < -0.4 is 5.32 Å². The first-order valence-corrected chi connectivity index (χ1v) is 5.18. The van der Waals surface area contributed by atoms with Crippen molar-refractivity contribution in [3.63, 3.8) is 0 Å². The highest BCUT2D eigenvalue weighted by Crippen LogP contribution is 2.13. The lowest BCUT2D eigenvalue weighted by molar-refractivity contribution is 0.0276. The summed E-state index contributed by atoms with van der Waals surface area (Å²) in [5.41, 5.74) is -0.609. The quantitative estimate of drug-likeness (QED) is 0.557. The molecule has 0 saturated heterocycles. The summed E-state index contributed by atoms with van der Waals surface area (Å²) in [4.78, 5) is 0. The number of aliphatic hydroxyl groups is 2. The number of nitrogens with one attached hydrogen (secondary N) is 1. The van der Waals surface area contributed by atoms with Gasteiger partial charge in [0, 0.05) is 12.6 Å². The molecule has 0 aliphatic rings. The van der Waals surface area contributed by atoms with Crippen LogP contribution in [0.5, 0.6) is 0 Å². The molecule has 0 heterocycles. The molecule has 0 fully saturated rings. The smallest absolute Gasteiger partial charge is 0.0766 e. The van der Waals surface area contributed by atoms with Crippen molar-refractivity contribution in [2.75, 3.05) is 13.2 Å². The molecule has 0 aromatic carbocycles. The van der Waals surface area contributed by atoms with Gasteiger partial charge in [0.1, 0.15) is 0 Å². The van der Waals surface area contributed by atoms with Crippen LogP contribution in [0.1, 0.15) is 40.0 Å². The van der Waals surface area contributed by atoms with Crippen molar-refractivity contribution >= 4 is 0 Å². The van der Waals surface area contributed by atoms with Gasteiger partial charge in [0.25, 0.3) is 0 Å². The van der Waals surface area contributed by atoms with Crippen molar-refractivity contribution in [3.05, 3.63) is 0 Å². The summed E-state index contributed by atoms with van der Waals surface area (Å²) >= 11 is 0. The van der Waals surface area contributed by atoms with E-state index < -0.39 is 5.60 Å². The molecule has 13 heavy (non-hydrogen) atoms. The highest BCUT2D eigenvalue weighted by Gasteiger charge is 2.22. The number of aliphatic hydroxyl groups excluding tert-OH is 1. The van der Waals surface area contributed by atoms with Crippen LogP contribution in [0.2, 0.25) is 0 Å². The van der Waals surface area contributed by atoms with Crippen LogP contribution >= 0.6 is 0 Å². The Balaban J connectivity index is 3.83. The van der Waals surface area contributed by atoms with Gasteiger partial charge in [-0.2, -0.15) is 0 Å². The number of hydrogen-bond acceptors (Lipinski definition) is 3.